The summed E-state index contributed by atoms with van der Waals surface area (Å²) >= 11 is 0. The zero-order valence-electron chi connectivity index (χ0n) is 13.1. The molecule has 1 heterocycles. The summed E-state index contributed by atoms with van der Waals surface area (Å²) in [5.41, 5.74) is 2.56. The highest BCUT2D eigenvalue weighted by molar-refractivity contribution is 5.99. The average Bonchev–Trinajstić information content (AvgIpc) is 2.73. The molecule has 0 aliphatic carbocycles. The van der Waals surface area contributed by atoms with Gasteiger partial charge in [0.25, 0.3) is 0 Å². The molecule has 0 saturated carbocycles. The molecule has 116 valence electrons. The van der Waals surface area contributed by atoms with E-state index in [4.69, 9.17) is 4.74 Å². The summed E-state index contributed by atoms with van der Waals surface area (Å²) in [6.45, 7) is 4.90. The highest BCUT2D eigenvalue weighted by Crippen LogP contribution is 2.21. The number of aromatic nitrogens is 1. The van der Waals surface area contributed by atoms with Crippen molar-refractivity contribution in [1.82, 2.24) is 4.57 Å². The van der Waals surface area contributed by atoms with Crippen LogP contribution in [0.3, 0.4) is 0 Å². The number of carbonyl (C=O) groups is 2. The van der Waals surface area contributed by atoms with E-state index in [-0.39, 0.29) is 29.5 Å². The number of aryl methyl sites for hydroxylation is 1. The molecule has 1 aromatic heterocycles. The number of hydrogen-bond acceptors (Lipinski definition) is 3. The summed E-state index contributed by atoms with van der Waals surface area (Å²) in [4.78, 5) is 23.8. The number of hydrogen-bond donors (Lipinski definition) is 0. The van der Waals surface area contributed by atoms with E-state index in [9.17, 15) is 14.0 Å². The van der Waals surface area contributed by atoms with E-state index in [1.807, 2.05) is 25.5 Å². The summed E-state index contributed by atoms with van der Waals surface area (Å²) in [5.74, 6) is -0.792. The Kier molecular flexibility index (Phi) is 4.45. The second-order valence-corrected chi connectivity index (χ2v) is 5.25. The predicted molar refractivity (Wildman–Crippen MR) is 81.1 cm³/mol. The van der Waals surface area contributed by atoms with Gasteiger partial charge in [0.15, 0.2) is 12.4 Å². The zero-order valence-corrected chi connectivity index (χ0v) is 13.1. The Morgan fingerprint density at radius 2 is 1.86 bits per heavy atom. The maximum atomic E-state index is 13.2. The summed E-state index contributed by atoms with van der Waals surface area (Å²) in [5, 5.41) is 0. The second kappa shape index (κ2) is 6.13. The van der Waals surface area contributed by atoms with Gasteiger partial charge in [-0.15, -0.1) is 0 Å². The van der Waals surface area contributed by atoms with Crippen molar-refractivity contribution in [3.63, 3.8) is 0 Å². The Labute approximate surface area is 128 Å². The van der Waals surface area contributed by atoms with Crippen LogP contribution in [0.1, 0.15) is 39.0 Å². The number of carbonyl (C=O) groups excluding carboxylic acids is 2. The van der Waals surface area contributed by atoms with Gasteiger partial charge in [-0.25, -0.2) is 4.39 Å². The van der Waals surface area contributed by atoms with Crippen molar-refractivity contribution in [2.24, 2.45) is 7.05 Å². The first-order valence-electron chi connectivity index (χ1n) is 6.90. The maximum absolute atomic E-state index is 13.2. The number of ketones is 2. The fraction of sp³-hybridized carbons (Fsp3) is 0.294. The van der Waals surface area contributed by atoms with Crippen molar-refractivity contribution in [3.05, 3.63) is 52.6 Å². The molecule has 22 heavy (non-hydrogen) atoms. The first-order valence-corrected chi connectivity index (χ1v) is 6.90. The van der Waals surface area contributed by atoms with Crippen LogP contribution in [0.25, 0.3) is 0 Å². The Morgan fingerprint density at radius 3 is 2.41 bits per heavy atom. The molecule has 0 atom stereocenters. The molecule has 0 fully saturated rings. The fourth-order valence-corrected chi connectivity index (χ4v) is 2.26. The lowest BCUT2D eigenvalue weighted by Gasteiger charge is -2.09. The normalized spacial score (nSPS) is 10.6. The second-order valence-electron chi connectivity index (χ2n) is 5.25. The number of Topliss-reactive ketones (excluding diaryl/α,β-unsaturated/α-hetero) is 2. The minimum Gasteiger partial charge on any atom is -0.485 e. The molecule has 0 amide bonds. The largest absolute Gasteiger partial charge is 0.485 e. The number of halogens is 1. The van der Waals surface area contributed by atoms with Crippen LogP contribution in [0, 0.1) is 19.7 Å². The minimum atomic E-state index is -0.515. The molecular weight excluding hydrogens is 285 g/mol. The molecule has 0 aliphatic rings. The number of benzene rings is 1. The lowest BCUT2D eigenvalue weighted by molar-refractivity contribution is 0.0912. The Balaban J connectivity index is 2.18. The molecule has 2 rings (SSSR count). The van der Waals surface area contributed by atoms with Gasteiger partial charge in [-0.05, 0) is 45.0 Å². The molecule has 0 bridgehead atoms. The van der Waals surface area contributed by atoms with Crippen molar-refractivity contribution in [2.75, 3.05) is 6.61 Å². The average molecular weight is 303 g/mol. The third-order valence-corrected chi connectivity index (χ3v) is 3.76. The third kappa shape index (κ3) is 3.08. The Hall–Kier alpha value is -2.43. The lowest BCUT2D eigenvalue weighted by atomic mass is 10.1. The van der Waals surface area contributed by atoms with Crippen molar-refractivity contribution in [2.45, 2.75) is 20.8 Å². The minimum absolute atomic E-state index is 0.133. The van der Waals surface area contributed by atoms with Crippen LogP contribution in [-0.2, 0) is 7.05 Å². The van der Waals surface area contributed by atoms with Crippen LogP contribution in [0.5, 0.6) is 5.75 Å². The van der Waals surface area contributed by atoms with Gasteiger partial charge < -0.3 is 9.30 Å². The van der Waals surface area contributed by atoms with Crippen LogP contribution in [0.4, 0.5) is 4.39 Å². The van der Waals surface area contributed by atoms with E-state index in [0.717, 1.165) is 17.5 Å². The van der Waals surface area contributed by atoms with E-state index in [1.54, 1.807) is 6.07 Å². The molecule has 4 nitrogen and oxygen atoms in total. The molecule has 5 heteroatoms. The third-order valence-electron chi connectivity index (χ3n) is 3.76. The smallest absolute Gasteiger partial charge is 0.202 e. The van der Waals surface area contributed by atoms with Gasteiger partial charge in [0.2, 0.25) is 5.78 Å². The van der Waals surface area contributed by atoms with Crippen LogP contribution in [-0.4, -0.2) is 22.7 Å². The molecule has 0 radical (unpaired) electrons. The van der Waals surface area contributed by atoms with Crippen molar-refractivity contribution in [1.29, 1.82) is 0 Å². The van der Waals surface area contributed by atoms with Gasteiger partial charge in [-0.3, -0.25) is 9.59 Å². The summed E-state index contributed by atoms with van der Waals surface area (Å²) < 4.78 is 20.5. The van der Waals surface area contributed by atoms with E-state index >= 15 is 0 Å². The molecule has 0 unspecified atom stereocenters. The number of nitrogens with zero attached hydrogens (tertiary/aromatic N) is 1. The molecule has 0 spiro atoms. The topological polar surface area (TPSA) is 48.3 Å². The van der Waals surface area contributed by atoms with Crippen LogP contribution < -0.4 is 4.74 Å². The molecule has 0 N–H and O–H groups in total. The molecule has 0 aliphatic heterocycles. The van der Waals surface area contributed by atoms with Gasteiger partial charge >= 0.3 is 0 Å². The van der Waals surface area contributed by atoms with E-state index in [1.165, 1.54) is 19.1 Å². The SMILES string of the molecule is CC(=O)c1cc(F)ccc1OCC(=O)c1cc(C)n(C)c1C. The summed E-state index contributed by atoms with van der Waals surface area (Å²) in [6.07, 6.45) is 0. The van der Waals surface area contributed by atoms with Gasteiger partial charge in [0.05, 0.1) is 5.56 Å². The highest BCUT2D eigenvalue weighted by Gasteiger charge is 2.16. The van der Waals surface area contributed by atoms with Gasteiger partial charge in [-0.1, -0.05) is 0 Å². The molecular formula is C17H18FNO3. The van der Waals surface area contributed by atoms with Crippen molar-refractivity contribution < 1.29 is 18.7 Å². The van der Waals surface area contributed by atoms with Crippen molar-refractivity contribution in [3.8, 4) is 5.75 Å². The van der Waals surface area contributed by atoms with E-state index < -0.39 is 5.82 Å². The van der Waals surface area contributed by atoms with E-state index in [2.05, 4.69) is 0 Å². The predicted octanol–water partition coefficient (Wildman–Crippen LogP) is 3.25. The highest BCUT2D eigenvalue weighted by atomic mass is 19.1. The van der Waals surface area contributed by atoms with Crippen LogP contribution in [0.15, 0.2) is 24.3 Å². The van der Waals surface area contributed by atoms with Gasteiger partial charge in [0.1, 0.15) is 11.6 Å². The Morgan fingerprint density at radius 1 is 1.18 bits per heavy atom. The number of rotatable bonds is 5. The molecule has 0 saturated heterocycles. The van der Waals surface area contributed by atoms with Crippen LogP contribution in [0.2, 0.25) is 0 Å². The zero-order chi connectivity index (χ0) is 16.4. The quantitative estimate of drug-likeness (QED) is 0.797. The van der Waals surface area contributed by atoms with Crippen molar-refractivity contribution >= 4 is 11.6 Å². The lowest BCUT2D eigenvalue weighted by Crippen LogP contribution is -2.14. The maximum Gasteiger partial charge on any atom is 0.202 e. The number of ether oxygens (including phenoxy) is 1. The van der Waals surface area contributed by atoms with Gasteiger partial charge in [0, 0.05) is 24.0 Å². The first kappa shape index (κ1) is 15.9. The first-order chi connectivity index (χ1) is 10.3. The molecule has 1 aromatic carbocycles. The van der Waals surface area contributed by atoms with Gasteiger partial charge in [-0.2, -0.15) is 0 Å². The standard InChI is InChI=1S/C17H18FNO3/c1-10-7-14(11(2)19(10)4)16(21)9-22-17-6-5-13(18)8-15(17)12(3)20/h5-8H,9H2,1-4H3. The summed E-state index contributed by atoms with van der Waals surface area (Å²) in [6, 6.07) is 5.48. The monoisotopic (exact) mass is 303 g/mol. The Bertz CT molecular complexity index is 747. The summed E-state index contributed by atoms with van der Waals surface area (Å²) in [7, 11) is 1.89. The fourth-order valence-electron chi connectivity index (χ4n) is 2.26. The molecule has 2 aromatic rings. The van der Waals surface area contributed by atoms with Crippen LogP contribution >= 0.6 is 0 Å². The van der Waals surface area contributed by atoms with E-state index in [0.29, 0.717) is 5.56 Å².